The molecule has 0 saturated carbocycles. The standard InChI is InChI=1S/C23H32N4O2.HI/c1-5-6-13-24-23(25-15-19-9-7-17(2)8-10-19)26-16-20-11-12-22(29-4)21(14-20)27-18(3)28;/h7-12,14H,5-6,13,15-16H2,1-4H3,(H,27,28)(H2,24,25,26);1H. The Kier molecular flexibility index (Phi) is 11.9. The van der Waals surface area contributed by atoms with E-state index in [1.807, 2.05) is 18.2 Å². The zero-order chi connectivity index (χ0) is 21.1. The monoisotopic (exact) mass is 524 g/mol. The Labute approximate surface area is 196 Å². The molecule has 7 heteroatoms. The number of hydrogen-bond donors (Lipinski definition) is 3. The van der Waals surface area contributed by atoms with Crippen LogP contribution in [0.2, 0.25) is 0 Å². The molecule has 3 N–H and O–H groups in total. The third-order valence-electron chi connectivity index (χ3n) is 4.40. The number of carbonyl (C=O) groups is 1. The summed E-state index contributed by atoms with van der Waals surface area (Å²) in [7, 11) is 1.59. The zero-order valence-electron chi connectivity index (χ0n) is 18.2. The van der Waals surface area contributed by atoms with Crippen LogP contribution in [0.15, 0.2) is 47.5 Å². The molecular weight excluding hydrogens is 491 g/mol. The number of amides is 1. The maximum absolute atomic E-state index is 11.4. The van der Waals surface area contributed by atoms with Gasteiger partial charge in [-0.3, -0.25) is 4.79 Å². The van der Waals surface area contributed by atoms with Gasteiger partial charge in [-0.1, -0.05) is 49.2 Å². The van der Waals surface area contributed by atoms with Crippen molar-refractivity contribution in [3.8, 4) is 5.75 Å². The van der Waals surface area contributed by atoms with E-state index in [1.54, 1.807) is 7.11 Å². The Balaban J connectivity index is 0.00000450. The van der Waals surface area contributed by atoms with Crippen molar-refractivity contribution in [2.75, 3.05) is 19.0 Å². The van der Waals surface area contributed by atoms with Gasteiger partial charge >= 0.3 is 0 Å². The number of unbranched alkanes of at least 4 members (excludes halogenated alkanes) is 1. The van der Waals surface area contributed by atoms with Crippen molar-refractivity contribution < 1.29 is 9.53 Å². The summed E-state index contributed by atoms with van der Waals surface area (Å²) >= 11 is 0. The van der Waals surface area contributed by atoms with E-state index >= 15 is 0 Å². The van der Waals surface area contributed by atoms with Gasteiger partial charge in [-0.2, -0.15) is 0 Å². The SMILES string of the molecule is CCCCNC(=NCc1ccc(OC)c(NC(C)=O)c1)NCc1ccc(C)cc1.I. The van der Waals surface area contributed by atoms with Crippen molar-refractivity contribution in [2.45, 2.75) is 46.7 Å². The molecule has 164 valence electrons. The Bertz CT molecular complexity index is 822. The van der Waals surface area contributed by atoms with Gasteiger partial charge in [-0.15, -0.1) is 24.0 Å². The molecule has 0 saturated heterocycles. The largest absolute Gasteiger partial charge is 0.495 e. The molecule has 0 bridgehead atoms. The Morgan fingerprint density at radius 3 is 2.40 bits per heavy atom. The van der Waals surface area contributed by atoms with Gasteiger partial charge in [0, 0.05) is 20.0 Å². The lowest BCUT2D eigenvalue weighted by Gasteiger charge is -2.14. The molecule has 0 unspecified atom stereocenters. The third-order valence-corrected chi connectivity index (χ3v) is 4.40. The number of anilines is 1. The molecular formula is C23H33IN4O2. The Morgan fingerprint density at radius 2 is 1.77 bits per heavy atom. The van der Waals surface area contributed by atoms with Gasteiger partial charge in [0.05, 0.1) is 19.3 Å². The number of aryl methyl sites for hydroxylation is 1. The summed E-state index contributed by atoms with van der Waals surface area (Å²) in [5, 5.41) is 9.59. The molecule has 30 heavy (non-hydrogen) atoms. The molecule has 0 aliphatic heterocycles. The fourth-order valence-electron chi connectivity index (χ4n) is 2.76. The molecule has 1 amide bonds. The lowest BCUT2D eigenvalue weighted by Crippen LogP contribution is -2.37. The molecule has 0 aliphatic carbocycles. The highest BCUT2D eigenvalue weighted by Crippen LogP contribution is 2.25. The number of guanidine groups is 1. The summed E-state index contributed by atoms with van der Waals surface area (Å²) in [6, 6.07) is 14.2. The first-order chi connectivity index (χ1) is 14.0. The predicted octanol–water partition coefficient (Wildman–Crippen LogP) is 4.62. The molecule has 0 fully saturated rings. The molecule has 6 nitrogen and oxygen atoms in total. The first-order valence-corrected chi connectivity index (χ1v) is 10.0. The first-order valence-electron chi connectivity index (χ1n) is 10.0. The van der Waals surface area contributed by atoms with Gasteiger partial charge in [0.15, 0.2) is 5.96 Å². The number of ether oxygens (including phenoxy) is 1. The molecule has 0 radical (unpaired) electrons. The first kappa shape index (κ1) is 25.7. The van der Waals surface area contributed by atoms with E-state index in [0.717, 1.165) is 30.9 Å². The number of rotatable bonds is 9. The zero-order valence-corrected chi connectivity index (χ0v) is 20.6. The number of aliphatic imine (C=N–C) groups is 1. The van der Waals surface area contributed by atoms with Crippen LogP contribution in [0.5, 0.6) is 5.75 Å². The second kappa shape index (κ2) is 13.8. The number of halogens is 1. The van der Waals surface area contributed by atoms with Gasteiger partial charge in [0.2, 0.25) is 5.91 Å². The number of carbonyl (C=O) groups excluding carboxylic acids is 1. The van der Waals surface area contributed by atoms with Crippen LogP contribution in [0.25, 0.3) is 0 Å². The van der Waals surface area contributed by atoms with E-state index in [1.165, 1.54) is 18.1 Å². The molecule has 2 aromatic rings. The van der Waals surface area contributed by atoms with Crippen molar-refractivity contribution in [3.05, 3.63) is 59.2 Å². The lowest BCUT2D eigenvalue weighted by atomic mass is 10.1. The van der Waals surface area contributed by atoms with Gasteiger partial charge < -0.3 is 20.7 Å². The van der Waals surface area contributed by atoms with Crippen molar-refractivity contribution in [1.82, 2.24) is 10.6 Å². The number of benzene rings is 2. The van der Waals surface area contributed by atoms with Crippen LogP contribution in [-0.2, 0) is 17.9 Å². The summed E-state index contributed by atoms with van der Waals surface area (Å²) in [5.41, 5.74) is 4.10. The molecule has 0 atom stereocenters. The normalized spacial score (nSPS) is 10.7. The molecule has 0 heterocycles. The van der Waals surface area contributed by atoms with Crippen LogP contribution >= 0.6 is 24.0 Å². The van der Waals surface area contributed by atoms with E-state index in [-0.39, 0.29) is 29.9 Å². The molecule has 0 spiro atoms. The Morgan fingerprint density at radius 1 is 1.07 bits per heavy atom. The van der Waals surface area contributed by atoms with Gasteiger partial charge in [0.25, 0.3) is 0 Å². The second-order valence-electron chi connectivity index (χ2n) is 7.00. The Hall–Kier alpha value is -2.29. The minimum Gasteiger partial charge on any atom is -0.495 e. The fraction of sp³-hybridized carbons (Fsp3) is 0.391. The van der Waals surface area contributed by atoms with Crippen LogP contribution in [0.3, 0.4) is 0 Å². The lowest BCUT2D eigenvalue weighted by molar-refractivity contribution is -0.114. The van der Waals surface area contributed by atoms with Gasteiger partial charge in [-0.05, 0) is 36.6 Å². The molecule has 0 aromatic heterocycles. The average Bonchev–Trinajstić information content (AvgIpc) is 2.70. The van der Waals surface area contributed by atoms with Crippen molar-refractivity contribution >= 4 is 41.5 Å². The topological polar surface area (TPSA) is 74.8 Å². The van der Waals surface area contributed by atoms with E-state index < -0.39 is 0 Å². The molecule has 2 aromatic carbocycles. The summed E-state index contributed by atoms with van der Waals surface area (Å²) in [6.07, 6.45) is 2.21. The van der Waals surface area contributed by atoms with E-state index in [9.17, 15) is 4.79 Å². The van der Waals surface area contributed by atoms with Gasteiger partial charge in [-0.25, -0.2) is 4.99 Å². The minimum atomic E-state index is -0.134. The summed E-state index contributed by atoms with van der Waals surface area (Å²) < 4.78 is 5.31. The van der Waals surface area contributed by atoms with Crippen molar-refractivity contribution in [1.29, 1.82) is 0 Å². The van der Waals surface area contributed by atoms with E-state index in [0.29, 0.717) is 24.5 Å². The van der Waals surface area contributed by atoms with Crippen molar-refractivity contribution in [2.24, 2.45) is 4.99 Å². The van der Waals surface area contributed by atoms with Crippen LogP contribution in [-0.4, -0.2) is 25.5 Å². The summed E-state index contributed by atoms with van der Waals surface area (Å²) in [6.45, 7) is 7.80. The maximum atomic E-state index is 11.4. The highest BCUT2D eigenvalue weighted by atomic mass is 127. The summed E-state index contributed by atoms with van der Waals surface area (Å²) in [5.74, 6) is 1.27. The number of methoxy groups -OCH3 is 1. The third kappa shape index (κ3) is 9.02. The highest BCUT2D eigenvalue weighted by molar-refractivity contribution is 14.0. The fourth-order valence-corrected chi connectivity index (χ4v) is 2.76. The smallest absolute Gasteiger partial charge is 0.221 e. The van der Waals surface area contributed by atoms with Crippen LogP contribution < -0.4 is 20.7 Å². The quantitative estimate of drug-likeness (QED) is 0.194. The highest BCUT2D eigenvalue weighted by Gasteiger charge is 2.06. The van der Waals surface area contributed by atoms with Crippen molar-refractivity contribution in [3.63, 3.8) is 0 Å². The predicted molar refractivity (Wildman–Crippen MR) is 135 cm³/mol. The second-order valence-corrected chi connectivity index (χ2v) is 7.00. The summed E-state index contributed by atoms with van der Waals surface area (Å²) in [4.78, 5) is 16.1. The number of hydrogen-bond acceptors (Lipinski definition) is 3. The minimum absolute atomic E-state index is 0. The van der Waals surface area contributed by atoms with Crippen LogP contribution in [0.4, 0.5) is 5.69 Å². The van der Waals surface area contributed by atoms with Gasteiger partial charge in [0.1, 0.15) is 5.75 Å². The number of nitrogens with one attached hydrogen (secondary N) is 3. The molecule has 0 aliphatic rings. The van der Waals surface area contributed by atoms with E-state index in [2.05, 4.69) is 54.1 Å². The van der Waals surface area contributed by atoms with Crippen LogP contribution in [0.1, 0.15) is 43.4 Å². The van der Waals surface area contributed by atoms with Crippen LogP contribution in [0, 0.1) is 6.92 Å². The maximum Gasteiger partial charge on any atom is 0.221 e. The number of nitrogens with zero attached hydrogens (tertiary/aromatic N) is 1. The average molecular weight is 524 g/mol. The molecule has 2 rings (SSSR count). The van der Waals surface area contributed by atoms with E-state index in [4.69, 9.17) is 9.73 Å².